The van der Waals surface area contributed by atoms with Crippen molar-refractivity contribution >= 4 is 12.0 Å². The van der Waals surface area contributed by atoms with Gasteiger partial charge in [-0.3, -0.25) is 9.69 Å². The first-order valence-electron chi connectivity index (χ1n) is 7.57. The molecular weight excluding hydrogens is 258 g/mol. The van der Waals surface area contributed by atoms with Gasteiger partial charge >= 0.3 is 12.0 Å². The van der Waals surface area contributed by atoms with Crippen LogP contribution in [0.4, 0.5) is 4.79 Å². The molecule has 20 heavy (non-hydrogen) atoms. The molecule has 2 heterocycles. The van der Waals surface area contributed by atoms with Gasteiger partial charge in [0, 0.05) is 38.8 Å². The van der Waals surface area contributed by atoms with Crippen LogP contribution in [0.1, 0.15) is 33.1 Å². The SMILES string of the molecule is CCC1CCCN1C(=O)N1CCN(C(C)C(=O)O)CC1. The Morgan fingerprint density at radius 2 is 1.85 bits per heavy atom. The van der Waals surface area contributed by atoms with Crippen LogP contribution in [0.15, 0.2) is 0 Å². The van der Waals surface area contributed by atoms with E-state index in [0.29, 0.717) is 32.2 Å². The number of carbonyl (C=O) groups excluding carboxylic acids is 1. The Morgan fingerprint density at radius 1 is 1.20 bits per heavy atom. The van der Waals surface area contributed by atoms with E-state index in [2.05, 4.69) is 6.92 Å². The van der Waals surface area contributed by atoms with Crippen LogP contribution >= 0.6 is 0 Å². The Labute approximate surface area is 120 Å². The number of urea groups is 1. The summed E-state index contributed by atoms with van der Waals surface area (Å²) in [4.78, 5) is 29.3. The molecule has 2 aliphatic rings. The van der Waals surface area contributed by atoms with Crippen molar-refractivity contribution in [3.8, 4) is 0 Å². The Bertz CT molecular complexity index is 367. The number of piperazine rings is 1. The quantitative estimate of drug-likeness (QED) is 0.841. The lowest BCUT2D eigenvalue weighted by atomic mass is 10.2. The summed E-state index contributed by atoms with van der Waals surface area (Å²) >= 11 is 0. The Morgan fingerprint density at radius 3 is 2.40 bits per heavy atom. The zero-order valence-corrected chi connectivity index (χ0v) is 12.4. The fraction of sp³-hybridized carbons (Fsp3) is 0.857. The van der Waals surface area contributed by atoms with Crippen LogP contribution in [0.3, 0.4) is 0 Å². The predicted octanol–water partition coefficient (Wildman–Crippen LogP) is 1.07. The maximum absolute atomic E-state index is 12.5. The van der Waals surface area contributed by atoms with Crippen LogP contribution in [0, 0.1) is 0 Å². The van der Waals surface area contributed by atoms with E-state index >= 15 is 0 Å². The van der Waals surface area contributed by atoms with Crippen LogP contribution in [0.25, 0.3) is 0 Å². The van der Waals surface area contributed by atoms with Gasteiger partial charge in [-0.2, -0.15) is 0 Å². The second kappa shape index (κ2) is 6.43. The highest BCUT2D eigenvalue weighted by molar-refractivity contribution is 5.75. The summed E-state index contributed by atoms with van der Waals surface area (Å²) in [5, 5.41) is 9.02. The van der Waals surface area contributed by atoms with E-state index in [9.17, 15) is 9.59 Å². The third kappa shape index (κ3) is 3.06. The summed E-state index contributed by atoms with van der Waals surface area (Å²) in [6, 6.07) is 0.0536. The van der Waals surface area contributed by atoms with Crippen molar-refractivity contribution in [2.45, 2.75) is 45.2 Å². The minimum Gasteiger partial charge on any atom is -0.480 e. The summed E-state index contributed by atoms with van der Waals surface area (Å²) in [6.07, 6.45) is 3.22. The highest BCUT2D eigenvalue weighted by atomic mass is 16.4. The lowest BCUT2D eigenvalue weighted by Crippen LogP contribution is -2.56. The van der Waals surface area contributed by atoms with Gasteiger partial charge in [-0.1, -0.05) is 6.92 Å². The van der Waals surface area contributed by atoms with Crippen molar-refractivity contribution in [3.63, 3.8) is 0 Å². The zero-order chi connectivity index (χ0) is 14.7. The summed E-state index contributed by atoms with van der Waals surface area (Å²) in [5.41, 5.74) is 0. The largest absolute Gasteiger partial charge is 0.480 e. The minimum atomic E-state index is -0.796. The first kappa shape index (κ1) is 15.1. The Kier molecular flexibility index (Phi) is 4.86. The normalized spacial score (nSPS) is 25.8. The number of hydrogen-bond acceptors (Lipinski definition) is 3. The first-order valence-corrected chi connectivity index (χ1v) is 7.57. The highest BCUT2D eigenvalue weighted by Gasteiger charge is 2.33. The second-order valence-corrected chi connectivity index (χ2v) is 5.72. The van der Waals surface area contributed by atoms with Crippen LogP contribution in [0.2, 0.25) is 0 Å². The van der Waals surface area contributed by atoms with E-state index in [1.165, 1.54) is 0 Å². The molecular formula is C14H25N3O3. The topological polar surface area (TPSA) is 64.1 Å². The third-order valence-electron chi connectivity index (χ3n) is 4.58. The van der Waals surface area contributed by atoms with Gasteiger partial charge in [0.2, 0.25) is 0 Å². The van der Waals surface area contributed by atoms with Crippen LogP contribution < -0.4 is 0 Å². The number of likely N-dealkylation sites (tertiary alicyclic amines) is 1. The second-order valence-electron chi connectivity index (χ2n) is 5.72. The van der Waals surface area contributed by atoms with Gasteiger partial charge in [0.25, 0.3) is 0 Å². The number of carbonyl (C=O) groups is 2. The molecule has 2 aliphatic heterocycles. The molecule has 2 amide bonds. The number of rotatable bonds is 3. The van der Waals surface area contributed by atoms with E-state index < -0.39 is 12.0 Å². The maximum atomic E-state index is 12.5. The summed E-state index contributed by atoms with van der Waals surface area (Å²) < 4.78 is 0. The number of hydrogen-bond donors (Lipinski definition) is 1. The summed E-state index contributed by atoms with van der Waals surface area (Å²) in [5.74, 6) is -0.796. The van der Waals surface area contributed by atoms with Crippen molar-refractivity contribution in [1.29, 1.82) is 0 Å². The average molecular weight is 283 g/mol. The molecule has 6 nitrogen and oxygen atoms in total. The van der Waals surface area contributed by atoms with Gasteiger partial charge in [-0.15, -0.1) is 0 Å². The van der Waals surface area contributed by atoms with Crippen molar-refractivity contribution in [3.05, 3.63) is 0 Å². The molecule has 6 heteroatoms. The van der Waals surface area contributed by atoms with Gasteiger partial charge in [-0.25, -0.2) is 4.79 Å². The molecule has 0 aromatic rings. The number of nitrogens with zero attached hydrogens (tertiary/aromatic N) is 3. The molecule has 2 fully saturated rings. The van der Waals surface area contributed by atoms with E-state index in [1.54, 1.807) is 6.92 Å². The van der Waals surface area contributed by atoms with Crippen LogP contribution in [-0.4, -0.2) is 76.6 Å². The number of carboxylic acids is 1. The zero-order valence-electron chi connectivity index (χ0n) is 12.4. The standard InChI is InChI=1S/C14H25N3O3/c1-3-12-5-4-6-17(12)14(20)16-9-7-15(8-10-16)11(2)13(18)19/h11-12H,3-10H2,1-2H3,(H,18,19). The Hall–Kier alpha value is -1.30. The van der Waals surface area contributed by atoms with E-state index in [-0.39, 0.29) is 6.03 Å². The molecule has 2 unspecified atom stereocenters. The first-order chi connectivity index (χ1) is 9.54. The molecule has 0 aromatic heterocycles. The predicted molar refractivity (Wildman–Crippen MR) is 75.7 cm³/mol. The van der Waals surface area contributed by atoms with E-state index in [4.69, 9.17) is 5.11 Å². The van der Waals surface area contributed by atoms with Gasteiger partial charge in [0.15, 0.2) is 0 Å². The van der Waals surface area contributed by atoms with Crippen molar-refractivity contribution in [2.75, 3.05) is 32.7 Å². The van der Waals surface area contributed by atoms with Crippen molar-refractivity contribution < 1.29 is 14.7 Å². The van der Waals surface area contributed by atoms with E-state index in [1.807, 2.05) is 14.7 Å². The molecule has 1 N–H and O–H groups in total. The molecule has 0 saturated carbocycles. The molecule has 0 bridgehead atoms. The van der Waals surface area contributed by atoms with Crippen molar-refractivity contribution in [1.82, 2.24) is 14.7 Å². The summed E-state index contributed by atoms with van der Waals surface area (Å²) in [6.45, 7) is 7.24. The minimum absolute atomic E-state index is 0.136. The van der Waals surface area contributed by atoms with Gasteiger partial charge in [0.1, 0.15) is 6.04 Å². The third-order valence-corrected chi connectivity index (χ3v) is 4.58. The monoisotopic (exact) mass is 283 g/mol. The van der Waals surface area contributed by atoms with E-state index in [0.717, 1.165) is 25.8 Å². The number of carboxylic acid groups (broad SMARTS) is 1. The molecule has 2 rings (SSSR count). The van der Waals surface area contributed by atoms with Gasteiger partial charge < -0.3 is 14.9 Å². The van der Waals surface area contributed by atoms with Crippen LogP contribution in [0.5, 0.6) is 0 Å². The molecule has 114 valence electrons. The van der Waals surface area contributed by atoms with Crippen molar-refractivity contribution in [2.24, 2.45) is 0 Å². The number of aliphatic carboxylic acids is 1. The smallest absolute Gasteiger partial charge is 0.320 e. The molecule has 0 aliphatic carbocycles. The van der Waals surface area contributed by atoms with Crippen LogP contribution in [-0.2, 0) is 4.79 Å². The average Bonchev–Trinajstić information content (AvgIpc) is 2.94. The highest BCUT2D eigenvalue weighted by Crippen LogP contribution is 2.22. The number of amides is 2. The molecule has 2 atom stereocenters. The van der Waals surface area contributed by atoms with Gasteiger partial charge in [-0.05, 0) is 26.2 Å². The molecule has 0 aromatic carbocycles. The fourth-order valence-corrected chi connectivity index (χ4v) is 3.15. The lowest BCUT2D eigenvalue weighted by molar-refractivity contribution is -0.143. The summed E-state index contributed by atoms with van der Waals surface area (Å²) in [7, 11) is 0. The molecule has 2 saturated heterocycles. The lowest BCUT2D eigenvalue weighted by Gasteiger charge is -2.39. The molecule has 0 spiro atoms. The fourth-order valence-electron chi connectivity index (χ4n) is 3.15. The maximum Gasteiger partial charge on any atom is 0.320 e. The van der Waals surface area contributed by atoms with Gasteiger partial charge in [0.05, 0.1) is 0 Å². The Balaban J connectivity index is 1.87. The molecule has 0 radical (unpaired) electrons.